The van der Waals surface area contributed by atoms with Crippen molar-refractivity contribution in [2.45, 2.75) is 45.1 Å². The van der Waals surface area contributed by atoms with Crippen LogP contribution in [0.25, 0.3) is 0 Å². The number of nitrogens with zero attached hydrogens (tertiary/aromatic N) is 3. The van der Waals surface area contributed by atoms with E-state index in [4.69, 9.17) is 5.73 Å². The molecule has 6 heteroatoms. The van der Waals surface area contributed by atoms with Crippen molar-refractivity contribution in [2.24, 2.45) is 11.7 Å². The van der Waals surface area contributed by atoms with E-state index in [2.05, 4.69) is 9.59 Å². The van der Waals surface area contributed by atoms with Gasteiger partial charge in [0.05, 0.1) is 5.69 Å². The number of hydrogen-bond donors (Lipinski definition) is 1. The van der Waals surface area contributed by atoms with Crippen molar-refractivity contribution < 1.29 is 4.79 Å². The summed E-state index contributed by atoms with van der Waals surface area (Å²) in [7, 11) is 1.88. The largest absolute Gasteiger partial charge is 0.338 e. The summed E-state index contributed by atoms with van der Waals surface area (Å²) < 4.78 is 3.93. The fraction of sp³-hybridized carbons (Fsp3) is 0.769. The van der Waals surface area contributed by atoms with Crippen LogP contribution in [0.15, 0.2) is 0 Å². The smallest absolute Gasteiger partial charge is 0.267 e. The maximum absolute atomic E-state index is 12.6. The normalized spacial score (nSPS) is 23.0. The highest BCUT2D eigenvalue weighted by Gasteiger charge is 2.33. The van der Waals surface area contributed by atoms with E-state index in [1.807, 2.05) is 25.8 Å². The van der Waals surface area contributed by atoms with Crippen molar-refractivity contribution >= 4 is 17.4 Å². The third-order valence-electron chi connectivity index (χ3n) is 3.99. The van der Waals surface area contributed by atoms with Gasteiger partial charge in [0, 0.05) is 13.1 Å². The molecule has 5 nitrogen and oxygen atoms in total. The molecule has 1 amide bonds. The molecule has 106 valence electrons. The maximum atomic E-state index is 12.6. The van der Waals surface area contributed by atoms with Crippen molar-refractivity contribution in [1.82, 2.24) is 14.5 Å². The Hall–Kier alpha value is -1.01. The van der Waals surface area contributed by atoms with E-state index in [-0.39, 0.29) is 17.9 Å². The highest BCUT2D eigenvalue weighted by molar-refractivity contribution is 7.08. The van der Waals surface area contributed by atoms with Gasteiger partial charge in [-0.3, -0.25) is 4.79 Å². The number of aromatic nitrogens is 2. The molecule has 1 aromatic rings. The number of hydrogen-bond acceptors (Lipinski definition) is 5. The van der Waals surface area contributed by atoms with E-state index < -0.39 is 0 Å². The molecule has 1 saturated carbocycles. The molecule has 1 fully saturated rings. The first-order chi connectivity index (χ1) is 9.06. The summed E-state index contributed by atoms with van der Waals surface area (Å²) in [5.74, 6) is 0.696. The van der Waals surface area contributed by atoms with Crippen LogP contribution >= 0.6 is 11.5 Å². The lowest BCUT2D eigenvalue weighted by Crippen LogP contribution is -2.41. The average Bonchev–Trinajstić information content (AvgIpc) is 3.04. The minimum absolute atomic E-state index is 0.0454. The molecule has 0 bridgehead atoms. The van der Waals surface area contributed by atoms with Crippen LogP contribution in [0.2, 0.25) is 0 Å². The number of rotatable bonds is 4. The van der Waals surface area contributed by atoms with E-state index in [9.17, 15) is 4.79 Å². The predicted octanol–water partition coefficient (Wildman–Crippen LogP) is 1.86. The molecule has 1 aliphatic carbocycles. The van der Waals surface area contributed by atoms with E-state index in [0.717, 1.165) is 25.0 Å². The van der Waals surface area contributed by atoms with Gasteiger partial charge in [0.2, 0.25) is 0 Å². The Morgan fingerprint density at radius 1 is 1.53 bits per heavy atom. The second kappa shape index (κ2) is 5.96. The molecule has 2 unspecified atom stereocenters. The first-order valence-electron chi connectivity index (χ1n) is 6.85. The highest BCUT2D eigenvalue weighted by atomic mass is 32.1. The molecule has 1 heterocycles. The Bertz CT molecular complexity index is 446. The zero-order valence-electron chi connectivity index (χ0n) is 11.8. The summed E-state index contributed by atoms with van der Waals surface area (Å²) in [6.45, 7) is 4.72. The van der Waals surface area contributed by atoms with Crippen LogP contribution in [0.3, 0.4) is 0 Å². The van der Waals surface area contributed by atoms with Gasteiger partial charge in [-0.25, -0.2) is 0 Å². The molecule has 2 atom stereocenters. The Kier molecular flexibility index (Phi) is 4.52. The molecule has 2 rings (SSSR count). The summed E-state index contributed by atoms with van der Waals surface area (Å²) in [4.78, 5) is 15.1. The van der Waals surface area contributed by atoms with Crippen molar-refractivity contribution in [3.05, 3.63) is 10.6 Å². The molecule has 0 spiro atoms. The van der Waals surface area contributed by atoms with Crippen LogP contribution in [-0.4, -0.2) is 40.0 Å². The lowest BCUT2D eigenvalue weighted by atomic mass is 10.0. The van der Waals surface area contributed by atoms with Gasteiger partial charge in [0.1, 0.15) is 4.88 Å². The van der Waals surface area contributed by atoms with E-state index in [0.29, 0.717) is 17.3 Å². The molecule has 0 radical (unpaired) electrons. The second-order valence-electron chi connectivity index (χ2n) is 5.55. The zero-order chi connectivity index (χ0) is 14.0. The van der Waals surface area contributed by atoms with Crippen LogP contribution in [0.4, 0.5) is 0 Å². The molecule has 1 aliphatic rings. The molecular weight excluding hydrogens is 260 g/mol. The Morgan fingerprint density at radius 2 is 2.26 bits per heavy atom. The van der Waals surface area contributed by atoms with Crippen molar-refractivity contribution in [2.75, 3.05) is 13.6 Å². The summed E-state index contributed by atoms with van der Waals surface area (Å²) in [5, 5.41) is 4.08. The molecule has 1 aromatic heterocycles. The van der Waals surface area contributed by atoms with Gasteiger partial charge in [-0.15, -0.1) is 5.10 Å². The van der Waals surface area contributed by atoms with E-state index >= 15 is 0 Å². The number of amides is 1. The van der Waals surface area contributed by atoms with Crippen LogP contribution in [-0.2, 0) is 0 Å². The topological polar surface area (TPSA) is 72.1 Å². The third kappa shape index (κ3) is 2.79. The molecule has 0 aromatic carbocycles. The fourth-order valence-electron chi connectivity index (χ4n) is 2.84. The van der Waals surface area contributed by atoms with E-state index in [1.54, 1.807) is 0 Å². The van der Waals surface area contributed by atoms with Crippen molar-refractivity contribution in [1.29, 1.82) is 0 Å². The molecule has 0 saturated heterocycles. The van der Waals surface area contributed by atoms with Crippen LogP contribution in [0, 0.1) is 5.92 Å². The number of carbonyl (C=O) groups excluding carboxylic acids is 1. The number of carbonyl (C=O) groups is 1. The van der Waals surface area contributed by atoms with Crippen LogP contribution < -0.4 is 5.73 Å². The second-order valence-corrected chi connectivity index (χ2v) is 6.31. The minimum Gasteiger partial charge on any atom is -0.338 e. The Labute approximate surface area is 118 Å². The summed E-state index contributed by atoms with van der Waals surface area (Å²) in [6.07, 6.45) is 3.33. The third-order valence-corrected chi connectivity index (χ3v) is 4.72. The monoisotopic (exact) mass is 282 g/mol. The maximum Gasteiger partial charge on any atom is 0.267 e. The molecular formula is C13H22N4OS. The van der Waals surface area contributed by atoms with Gasteiger partial charge in [0.25, 0.3) is 5.91 Å². The number of nitrogens with two attached hydrogens (primary N) is 1. The minimum atomic E-state index is 0.0454. The van der Waals surface area contributed by atoms with Crippen molar-refractivity contribution in [3.8, 4) is 0 Å². The van der Waals surface area contributed by atoms with E-state index in [1.165, 1.54) is 11.5 Å². The summed E-state index contributed by atoms with van der Waals surface area (Å²) in [5.41, 5.74) is 6.61. The standard InChI is InChI=1S/C13H22N4OS/c1-8(2)11-12(19-16-15-11)13(18)17(3)10-6-4-5-9(10)7-14/h8-10H,4-7,14H2,1-3H3. The fourth-order valence-corrected chi connectivity index (χ4v) is 3.64. The van der Waals surface area contributed by atoms with Gasteiger partial charge in [-0.1, -0.05) is 24.8 Å². The lowest BCUT2D eigenvalue weighted by Gasteiger charge is -2.29. The van der Waals surface area contributed by atoms with Gasteiger partial charge in [-0.05, 0) is 42.8 Å². The zero-order valence-corrected chi connectivity index (χ0v) is 12.6. The van der Waals surface area contributed by atoms with Gasteiger partial charge < -0.3 is 10.6 Å². The molecule has 0 aliphatic heterocycles. The highest BCUT2D eigenvalue weighted by Crippen LogP contribution is 2.30. The quantitative estimate of drug-likeness (QED) is 0.915. The first kappa shape index (κ1) is 14.4. The van der Waals surface area contributed by atoms with Gasteiger partial charge in [0.15, 0.2) is 0 Å². The Balaban J connectivity index is 2.17. The van der Waals surface area contributed by atoms with Crippen LogP contribution in [0.5, 0.6) is 0 Å². The SMILES string of the molecule is CC(C)c1nnsc1C(=O)N(C)C1CCCC1CN. The molecule has 2 N–H and O–H groups in total. The predicted molar refractivity (Wildman–Crippen MR) is 76.3 cm³/mol. The summed E-state index contributed by atoms with van der Waals surface area (Å²) in [6, 6.07) is 0.264. The van der Waals surface area contributed by atoms with Gasteiger partial charge >= 0.3 is 0 Å². The average molecular weight is 282 g/mol. The van der Waals surface area contributed by atoms with Crippen molar-refractivity contribution in [3.63, 3.8) is 0 Å². The first-order valence-corrected chi connectivity index (χ1v) is 7.63. The van der Waals surface area contributed by atoms with Crippen LogP contribution in [0.1, 0.15) is 54.4 Å². The summed E-state index contributed by atoms with van der Waals surface area (Å²) >= 11 is 1.20. The molecule has 19 heavy (non-hydrogen) atoms. The Morgan fingerprint density at radius 3 is 2.89 bits per heavy atom. The van der Waals surface area contributed by atoms with Gasteiger partial charge in [-0.2, -0.15) is 0 Å². The lowest BCUT2D eigenvalue weighted by molar-refractivity contribution is 0.0703.